The maximum absolute atomic E-state index is 12.7. The predicted octanol–water partition coefficient (Wildman–Crippen LogP) is 3.09. The molecule has 0 spiro atoms. The highest BCUT2D eigenvalue weighted by molar-refractivity contribution is 5.22. The number of alkyl halides is 3. The van der Waals surface area contributed by atoms with E-state index in [0.717, 1.165) is 22.9 Å². The molecule has 7 heteroatoms. The molecule has 2 rings (SSSR count). The second-order valence-corrected chi connectivity index (χ2v) is 4.25. The van der Waals surface area contributed by atoms with E-state index >= 15 is 0 Å². The Balaban J connectivity index is 2.03. The average Bonchev–Trinajstić information content (AvgIpc) is 2.42. The molecular formula is C14H11F4NO2. The van der Waals surface area contributed by atoms with E-state index in [1.165, 1.54) is 24.3 Å². The maximum atomic E-state index is 12.7. The van der Waals surface area contributed by atoms with Crippen LogP contribution in [0, 0.1) is 5.82 Å². The number of aromatic nitrogens is 1. The number of halogens is 4. The summed E-state index contributed by atoms with van der Waals surface area (Å²) in [5.41, 5.74) is -1.45. The van der Waals surface area contributed by atoms with Crippen LogP contribution in [0.2, 0.25) is 0 Å². The zero-order chi connectivity index (χ0) is 15.5. The Labute approximate surface area is 117 Å². The van der Waals surface area contributed by atoms with Crippen LogP contribution in [-0.2, 0) is 12.7 Å². The van der Waals surface area contributed by atoms with Crippen LogP contribution < -0.4 is 10.3 Å². The van der Waals surface area contributed by atoms with Crippen LogP contribution in [0.25, 0.3) is 0 Å². The van der Waals surface area contributed by atoms with Gasteiger partial charge in [0.2, 0.25) is 0 Å². The third-order valence-electron chi connectivity index (χ3n) is 2.73. The average molecular weight is 301 g/mol. The lowest BCUT2D eigenvalue weighted by atomic mass is 10.3. The fraction of sp³-hybridized carbons (Fsp3) is 0.214. The summed E-state index contributed by atoms with van der Waals surface area (Å²) in [4.78, 5) is 11.5. The minimum Gasteiger partial charge on any atom is -0.492 e. The summed E-state index contributed by atoms with van der Waals surface area (Å²) in [6.45, 7) is -0.0486. The quantitative estimate of drug-likeness (QED) is 0.813. The van der Waals surface area contributed by atoms with Gasteiger partial charge in [-0.15, -0.1) is 0 Å². The standard InChI is InChI=1S/C14H11F4NO2/c15-11-2-4-12(5-3-11)21-8-7-19-9-10(14(16,17)18)1-6-13(19)20/h1-6,9H,7-8H2. The first kappa shape index (κ1) is 15.1. The van der Waals surface area contributed by atoms with E-state index in [1.54, 1.807) is 0 Å². The van der Waals surface area contributed by atoms with Crippen molar-refractivity contribution < 1.29 is 22.3 Å². The van der Waals surface area contributed by atoms with Gasteiger partial charge in [0, 0.05) is 12.3 Å². The molecule has 2 aromatic rings. The molecule has 0 aliphatic heterocycles. The smallest absolute Gasteiger partial charge is 0.417 e. The monoisotopic (exact) mass is 301 g/mol. The lowest BCUT2D eigenvalue weighted by Gasteiger charge is -2.11. The molecule has 0 amide bonds. The van der Waals surface area contributed by atoms with Gasteiger partial charge in [-0.3, -0.25) is 4.79 Å². The first-order chi connectivity index (χ1) is 9.86. The minimum atomic E-state index is -4.51. The molecule has 0 bridgehead atoms. The van der Waals surface area contributed by atoms with E-state index in [1.807, 2.05) is 0 Å². The Morgan fingerprint density at radius 2 is 1.71 bits per heavy atom. The van der Waals surface area contributed by atoms with Crippen molar-refractivity contribution in [1.29, 1.82) is 0 Å². The Morgan fingerprint density at radius 1 is 1.05 bits per heavy atom. The second kappa shape index (κ2) is 5.99. The number of rotatable bonds is 4. The fourth-order valence-electron chi connectivity index (χ4n) is 1.67. The molecule has 1 aromatic carbocycles. The molecule has 1 heterocycles. The highest BCUT2D eigenvalue weighted by Crippen LogP contribution is 2.27. The molecular weight excluding hydrogens is 290 g/mol. The van der Waals surface area contributed by atoms with Gasteiger partial charge in [-0.2, -0.15) is 13.2 Å². The van der Waals surface area contributed by atoms with Crippen LogP contribution in [0.15, 0.2) is 47.4 Å². The highest BCUT2D eigenvalue weighted by atomic mass is 19.4. The summed E-state index contributed by atoms with van der Waals surface area (Å²) in [5.74, 6) is -0.0483. The molecule has 0 aliphatic carbocycles. The number of nitrogens with zero attached hydrogens (tertiary/aromatic N) is 1. The number of ether oxygens (including phenoxy) is 1. The lowest BCUT2D eigenvalue weighted by molar-refractivity contribution is -0.138. The van der Waals surface area contributed by atoms with Crippen molar-refractivity contribution >= 4 is 0 Å². The second-order valence-electron chi connectivity index (χ2n) is 4.25. The third-order valence-corrected chi connectivity index (χ3v) is 2.73. The number of benzene rings is 1. The first-order valence-corrected chi connectivity index (χ1v) is 6.02. The summed E-state index contributed by atoms with van der Waals surface area (Å²) in [5, 5.41) is 0. The molecule has 0 radical (unpaired) electrons. The lowest BCUT2D eigenvalue weighted by Crippen LogP contribution is -2.24. The van der Waals surface area contributed by atoms with E-state index in [2.05, 4.69) is 0 Å². The van der Waals surface area contributed by atoms with Crippen LogP contribution in [-0.4, -0.2) is 11.2 Å². The van der Waals surface area contributed by atoms with E-state index in [9.17, 15) is 22.4 Å². The largest absolute Gasteiger partial charge is 0.492 e. The van der Waals surface area contributed by atoms with Crippen molar-refractivity contribution in [2.24, 2.45) is 0 Å². The van der Waals surface area contributed by atoms with Crippen molar-refractivity contribution in [3.8, 4) is 5.75 Å². The van der Waals surface area contributed by atoms with Crippen molar-refractivity contribution in [3.05, 3.63) is 64.3 Å². The SMILES string of the molecule is O=c1ccc(C(F)(F)F)cn1CCOc1ccc(F)cc1. The van der Waals surface area contributed by atoms with E-state index in [0.29, 0.717) is 5.75 Å². The molecule has 0 fully saturated rings. The molecule has 21 heavy (non-hydrogen) atoms. The molecule has 112 valence electrons. The maximum Gasteiger partial charge on any atom is 0.417 e. The van der Waals surface area contributed by atoms with Crippen LogP contribution >= 0.6 is 0 Å². The zero-order valence-electron chi connectivity index (χ0n) is 10.7. The molecule has 3 nitrogen and oxygen atoms in total. The molecule has 0 saturated heterocycles. The van der Waals surface area contributed by atoms with Crippen LogP contribution in [0.5, 0.6) is 5.75 Å². The summed E-state index contributed by atoms with van der Waals surface area (Å²) in [6.07, 6.45) is -3.76. The Morgan fingerprint density at radius 3 is 2.33 bits per heavy atom. The summed E-state index contributed by atoms with van der Waals surface area (Å²) >= 11 is 0. The van der Waals surface area contributed by atoms with Gasteiger partial charge in [-0.25, -0.2) is 4.39 Å². The van der Waals surface area contributed by atoms with E-state index < -0.39 is 23.1 Å². The van der Waals surface area contributed by atoms with Crippen molar-refractivity contribution in [2.75, 3.05) is 6.61 Å². The minimum absolute atomic E-state index is 0.00709. The highest BCUT2D eigenvalue weighted by Gasteiger charge is 2.30. The Hall–Kier alpha value is -2.31. The number of pyridine rings is 1. The normalized spacial score (nSPS) is 11.4. The van der Waals surface area contributed by atoms with Crippen LogP contribution in [0.4, 0.5) is 17.6 Å². The zero-order valence-corrected chi connectivity index (χ0v) is 10.7. The van der Waals surface area contributed by atoms with Crippen molar-refractivity contribution in [2.45, 2.75) is 12.7 Å². The molecule has 1 aromatic heterocycles. The topological polar surface area (TPSA) is 31.2 Å². The Kier molecular flexibility index (Phi) is 4.30. The third kappa shape index (κ3) is 4.08. The summed E-state index contributed by atoms with van der Waals surface area (Å²) in [6, 6.07) is 6.78. The fourth-order valence-corrected chi connectivity index (χ4v) is 1.67. The van der Waals surface area contributed by atoms with Crippen LogP contribution in [0.1, 0.15) is 5.56 Å². The van der Waals surface area contributed by atoms with Gasteiger partial charge >= 0.3 is 6.18 Å². The van der Waals surface area contributed by atoms with Crippen LogP contribution in [0.3, 0.4) is 0 Å². The van der Waals surface area contributed by atoms with Gasteiger partial charge in [0.1, 0.15) is 18.2 Å². The van der Waals surface area contributed by atoms with Crippen molar-refractivity contribution in [1.82, 2.24) is 4.57 Å². The molecule has 0 aliphatic rings. The van der Waals surface area contributed by atoms with Gasteiger partial charge < -0.3 is 9.30 Å². The van der Waals surface area contributed by atoms with Gasteiger partial charge in [0.15, 0.2) is 0 Å². The number of hydrogen-bond donors (Lipinski definition) is 0. The molecule has 0 N–H and O–H groups in total. The van der Waals surface area contributed by atoms with E-state index in [4.69, 9.17) is 4.74 Å². The molecule has 0 atom stereocenters. The van der Waals surface area contributed by atoms with Gasteiger partial charge in [0.05, 0.1) is 12.1 Å². The summed E-state index contributed by atoms with van der Waals surface area (Å²) in [7, 11) is 0. The summed E-state index contributed by atoms with van der Waals surface area (Å²) < 4.78 is 56.5. The van der Waals surface area contributed by atoms with Gasteiger partial charge in [-0.1, -0.05) is 0 Å². The molecule has 0 saturated carbocycles. The van der Waals surface area contributed by atoms with Crippen molar-refractivity contribution in [3.63, 3.8) is 0 Å². The van der Waals surface area contributed by atoms with E-state index in [-0.39, 0.29) is 13.2 Å². The predicted molar refractivity (Wildman–Crippen MR) is 67.6 cm³/mol. The first-order valence-electron chi connectivity index (χ1n) is 6.02. The molecule has 0 unspecified atom stereocenters. The van der Waals surface area contributed by atoms with Gasteiger partial charge in [0.25, 0.3) is 5.56 Å². The Bertz CT molecular complexity index is 662. The number of hydrogen-bond acceptors (Lipinski definition) is 2. The van der Waals surface area contributed by atoms with Gasteiger partial charge in [-0.05, 0) is 30.3 Å².